The summed E-state index contributed by atoms with van der Waals surface area (Å²) in [6.45, 7) is 1.06. The van der Waals surface area contributed by atoms with Gasteiger partial charge in [-0.25, -0.2) is 12.8 Å². The molecule has 1 atom stereocenters. The molecule has 196 valence electrons. The predicted molar refractivity (Wildman–Crippen MR) is 140 cm³/mol. The van der Waals surface area contributed by atoms with Gasteiger partial charge in [0.05, 0.1) is 17.0 Å². The molecule has 7 nitrogen and oxygen atoms in total. The number of carbonyl (C=O) groups is 2. The van der Waals surface area contributed by atoms with Gasteiger partial charge in [-0.05, 0) is 55.7 Å². The van der Waals surface area contributed by atoms with E-state index in [1.54, 1.807) is 31.2 Å². The number of carbonyl (C=O) groups excluding carboxylic acids is 2. The summed E-state index contributed by atoms with van der Waals surface area (Å²) < 4.78 is 39.7. The fraction of sp³-hybridized carbons (Fsp3) is 0.440. The molecule has 0 radical (unpaired) electrons. The van der Waals surface area contributed by atoms with Crippen molar-refractivity contribution >= 4 is 50.7 Å². The van der Waals surface area contributed by atoms with Gasteiger partial charge in [0.15, 0.2) is 0 Å². The van der Waals surface area contributed by atoms with Crippen LogP contribution in [0.15, 0.2) is 42.5 Å². The van der Waals surface area contributed by atoms with Crippen LogP contribution in [0.2, 0.25) is 10.0 Å². The monoisotopic (exact) mass is 557 g/mol. The fourth-order valence-corrected chi connectivity index (χ4v) is 5.47. The van der Waals surface area contributed by atoms with Crippen LogP contribution in [0.3, 0.4) is 0 Å². The van der Waals surface area contributed by atoms with Gasteiger partial charge >= 0.3 is 0 Å². The maximum atomic E-state index is 13.7. The summed E-state index contributed by atoms with van der Waals surface area (Å²) in [7, 11) is -3.94. The van der Waals surface area contributed by atoms with Crippen molar-refractivity contribution in [2.45, 2.75) is 57.7 Å². The van der Waals surface area contributed by atoms with Crippen LogP contribution in [0, 0.1) is 5.82 Å². The van der Waals surface area contributed by atoms with Gasteiger partial charge in [-0.15, -0.1) is 0 Å². The normalized spacial score (nSPS) is 15.2. The lowest BCUT2D eigenvalue weighted by atomic mass is 9.95. The number of hydrogen-bond acceptors (Lipinski definition) is 4. The molecule has 1 fully saturated rings. The number of rotatable bonds is 9. The maximum Gasteiger partial charge on any atom is 0.244 e. The Morgan fingerprint density at radius 2 is 1.81 bits per heavy atom. The zero-order chi connectivity index (χ0) is 26.5. The van der Waals surface area contributed by atoms with Crippen molar-refractivity contribution in [3.63, 3.8) is 0 Å². The first-order chi connectivity index (χ1) is 17.0. The molecule has 0 bridgehead atoms. The lowest BCUT2D eigenvalue weighted by Gasteiger charge is -2.33. The SMILES string of the molecule is CC(C(=O)NC1CCCCC1)N(Cc1cccc(Cl)c1)C(=O)CN(c1ccc(F)c(Cl)c1)S(C)(=O)=O. The quantitative estimate of drug-likeness (QED) is 0.481. The Morgan fingerprint density at radius 3 is 2.42 bits per heavy atom. The van der Waals surface area contributed by atoms with Gasteiger partial charge in [0.1, 0.15) is 18.4 Å². The molecule has 1 aliphatic rings. The topological polar surface area (TPSA) is 86.8 Å². The Labute approximate surface area is 221 Å². The number of sulfonamides is 1. The van der Waals surface area contributed by atoms with Gasteiger partial charge in [-0.3, -0.25) is 13.9 Å². The molecule has 3 rings (SSSR count). The Morgan fingerprint density at radius 1 is 1.11 bits per heavy atom. The van der Waals surface area contributed by atoms with Gasteiger partial charge in [0, 0.05) is 17.6 Å². The van der Waals surface area contributed by atoms with Crippen LogP contribution < -0.4 is 9.62 Å². The highest BCUT2D eigenvalue weighted by Gasteiger charge is 2.31. The molecule has 11 heteroatoms. The number of nitrogens with zero attached hydrogens (tertiary/aromatic N) is 2. The molecular weight excluding hydrogens is 528 g/mol. The standard InChI is InChI=1S/C25H30Cl2FN3O4S/c1-17(25(33)29-20-9-4-3-5-10-20)30(15-18-7-6-8-19(26)13-18)24(32)16-31(36(2,34)35)21-11-12-23(28)22(27)14-21/h6-8,11-14,17,20H,3-5,9-10,15-16H2,1-2H3,(H,29,33). The van der Waals surface area contributed by atoms with Crippen LogP contribution in [0.1, 0.15) is 44.6 Å². The molecule has 1 unspecified atom stereocenters. The van der Waals surface area contributed by atoms with Crippen molar-refractivity contribution < 1.29 is 22.4 Å². The summed E-state index contributed by atoms with van der Waals surface area (Å²) in [4.78, 5) is 28.0. The molecular formula is C25H30Cl2FN3O4S. The first kappa shape index (κ1) is 28.2. The van der Waals surface area contributed by atoms with Crippen LogP contribution in [0.5, 0.6) is 0 Å². The van der Waals surface area contributed by atoms with Gasteiger partial charge in [0.25, 0.3) is 0 Å². The molecule has 1 aliphatic carbocycles. The zero-order valence-electron chi connectivity index (χ0n) is 20.2. The number of anilines is 1. The van der Waals surface area contributed by atoms with Crippen LogP contribution in [-0.4, -0.2) is 50.0 Å². The van der Waals surface area contributed by atoms with E-state index in [2.05, 4.69) is 5.32 Å². The Bertz CT molecular complexity index is 1210. The summed E-state index contributed by atoms with van der Waals surface area (Å²) >= 11 is 12.0. The molecule has 0 aromatic heterocycles. The van der Waals surface area contributed by atoms with E-state index in [1.807, 2.05) is 0 Å². The second-order valence-electron chi connectivity index (χ2n) is 9.04. The van der Waals surface area contributed by atoms with Crippen molar-refractivity contribution in [2.75, 3.05) is 17.1 Å². The van der Waals surface area contributed by atoms with Crippen molar-refractivity contribution in [2.24, 2.45) is 0 Å². The van der Waals surface area contributed by atoms with Crippen molar-refractivity contribution in [1.29, 1.82) is 0 Å². The highest BCUT2D eigenvalue weighted by Crippen LogP contribution is 2.25. The minimum absolute atomic E-state index is 0.0410. The third-order valence-electron chi connectivity index (χ3n) is 6.23. The van der Waals surface area contributed by atoms with E-state index in [9.17, 15) is 22.4 Å². The molecule has 1 saturated carbocycles. The van der Waals surface area contributed by atoms with E-state index in [0.29, 0.717) is 10.6 Å². The first-order valence-corrected chi connectivity index (χ1v) is 14.3. The van der Waals surface area contributed by atoms with E-state index < -0.39 is 34.3 Å². The molecule has 0 heterocycles. The third-order valence-corrected chi connectivity index (χ3v) is 7.90. The summed E-state index contributed by atoms with van der Waals surface area (Å²) in [6.07, 6.45) is 5.91. The molecule has 2 aromatic rings. The minimum atomic E-state index is -3.94. The van der Waals surface area contributed by atoms with Gasteiger partial charge in [-0.1, -0.05) is 54.6 Å². The third kappa shape index (κ3) is 7.57. The molecule has 1 N–H and O–H groups in total. The molecule has 2 amide bonds. The van der Waals surface area contributed by atoms with Crippen molar-refractivity contribution in [3.8, 4) is 0 Å². The lowest BCUT2D eigenvalue weighted by Crippen LogP contribution is -2.52. The van der Waals surface area contributed by atoms with Crippen LogP contribution in [0.25, 0.3) is 0 Å². The van der Waals surface area contributed by atoms with Crippen LogP contribution in [-0.2, 0) is 26.2 Å². The fourth-order valence-electron chi connectivity index (χ4n) is 4.24. The largest absolute Gasteiger partial charge is 0.352 e. The number of hydrogen-bond donors (Lipinski definition) is 1. The number of nitrogens with one attached hydrogen (secondary N) is 1. The average molecular weight is 559 g/mol. The van der Waals surface area contributed by atoms with Crippen molar-refractivity contribution in [3.05, 3.63) is 63.9 Å². The maximum absolute atomic E-state index is 13.7. The summed E-state index contributed by atoms with van der Waals surface area (Å²) in [6, 6.07) is 9.46. The molecule has 0 aliphatic heterocycles. The molecule has 2 aromatic carbocycles. The highest BCUT2D eigenvalue weighted by molar-refractivity contribution is 7.92. The van der Waals surface area contributed by atoms with E-state index in [0.717, 1.165) is 54.8 Å². The van der Waals surface area contributed by atoms with E-state index in [1.165, 1.54) is 11.0 Å². The minimum Gasteiger partial charge on any atom is -0.352 e. The number of amides is 2. The second-order valence-corrected chi connectivity index (χ2v) is 11.8. The second kappa shape index (κ2) is 12.3. The summed E-state index contributed by atoms with van der Waals surface area (Å²) in [5.41, 5.74) is 0.725. The lowest BCUT2D eigenvalue weighted by molar-refractivity contribution is -0.139. The van der Waals surface area contributed by atoms with Crippen LogP contribution >= 0.6 is 23.2 Å². The molecule has 0 spiro atoms. The van der Waals surface area contributed by atoms with Gasteiger partial charge in [0.2, 0.25) is 21.8 Å². The van der Waals surface area contributed by atoms with E-state index >= 15 is 0 Å². The van der Waals surface area contributed by atoms with Gasteiger partial charge in [-0.2, -0.15) is 0 Å². The molecule has 0 saturated heterocycles. The van der Waals surface area contributed by atoms with E-state index in [4.69, 9.17) is 23.2 Å². The van der Waals surface area contributed by atoms with Crippen LogP contribution in [0.4, 0.5) is 10.1 Å². The Kier molecular flexibility index (Phi) is 9.60. The highest BCUT2D eigenvalue weighted by atomic mass is 35.5. The predicted octanol–water partition coefficient (Wildman–Crippen LogP) is 4.76. The summed E-state index contributed by atoms with van der Waals surface area (Å²) in [5, 5.41) is 3.23. The van der Waals surface area contributed by atoms with E-state index in [-0.39, 0.29) is 29.2 Å². The Balaban J connectivity index is 1.88. The molecule has 36 heavy (non-hydrogen) atoms. The smallest absolute Gasteiger partial charge is 0.244 e. The van der Waals surface area contributed by atoms with Crippen molar-refractivity contribution in [1.82, 2.24) is 10.2 Å². The number of halogens is 3. The number of benzene rings is 2. The Hall–Kier alpha value is -2.36. The first-order valence-electron chi connectivity index (χ1n) is 11.7. The zero-order valence-corrected chi connectivity index (χ0v) is 22.5. The summed E-state index contributed by atoms with van der Waals surface area (Å²) in [5.74, 6) is -1.63. The average Bonchev–Trinajstić information content (AvgIpc) is 2.82. The van der Waals surface area contributed by atoms with Gasteiger partial charge < -0.3 is 10.2 Å².